The Morgan fingerprint density at radius 1 is 1.05 bits per heavy atom. The number of hydrogen-bond acceptors (Lipinski definition) is 3. The lowest BCUT2D eigenvalue weighted by Gasteiger charge is -2.34. The summed E-state index contributed by atoms with van der Waals surface area (Å²) >= 11 is 0. The molecule has 2 heterocycles. The summed E-state index contributed by atoms with van der Waals surface area (Å²) in [5, 5.41) is 3.46. The van der Waals surface area contributed by atoms with Gasteiger partial charge in [0.05, 0.1) is 6.10 Å². The highest BCUT2D eigenvalue weighted by atomic mass is 16.5. The topological polar surface area (TPSA) is 38.3 Å². The molecule has 3 rings (SSSR count). The number of rotatable bonds is 2. The number of ether oxygens (including phenoxy) is 1. The van der Waals surface area contributed by atoms with Gasteiger partial charge in [0, 0.05) is 7.85 Å². The fourth-order valence-corrected chi connectivity index (χ4v) is 4.65. The van der Waals surface area contributed by atoms with Crippen LogP contribution in [0.3, 0.4) is 0 Å². The van der Waals surface area contributed by atoms with E-state index >= 15 is 0 Å². The van der Waals surface area contributed by atoms with Crippen molar-refractivity contribution in [2.24, 2.45) is 17.8 Å². The Balaban J connectivity index is 0.00000176. The van der Waals surface area contributed by atoms with Gasteiger partial charge in [-0.1, -0.05) is 12.8 Å². The molecule has 0 aromatic carbocycles. The van der Waals surface area contributed by atoms with E-state index < -0.39 is 0 Å². The van der Waals surface area contributed by atoms with Crippen molar-refractivity contribution in [2.45, 2.75) is 70.3 Å². The van der Waals surface area contributed by atoms with Gasteiger partial charge >= 0.3 is 0 Å². The van der Waals surface area contributed by atoms with Crippen molar-refractivity contribution in [1.82, 2.24) is 5.32 Å². The molecule has 0 bridgehead atoms. The first-order valence-corrected chi connectivity index (χ1v) is 9.15. The standard InChI is InChI=1S/C18H31NO2.H2/c20-17-6-5-15(11-14-7-9-19-10-8-14)12-16-3-1-2-4-18(16)21-13-17;/h14-16,18-19H,1-13H2;1H/t15?,16-,18+;/m1./s1. The molecule has 0 amide bonds. The Morgan fingerprint density at radius 3 is 2.71 bits per heavy atom. The summed E-state index contributed by atoms with van der Waals surface area (Å²) in [7, 11) is 0. The molecule has 1 unspecified atom stereocenters. The minimum Gasteiger partial charge on any atom is -0.370 e. The molecule has 0 spiro atoms. The zero-order valence-corrected chi connectivity index (χ0v) is 13.3. The van der Waals surface area contributed by atoms with Crippen LogP contribution in [-0.2, 0) is 9.53 Å². The summed E-state index contributed by atoms with van der Waals surface area (Å²) < 4.78 is 5.96. The van der Waals surface area contributed by atoms with Gasteiger partial charge in [0.2, 0.25) is 0 Å². The Labute approximate surface area is 130 Å². The van der Waals surface area contributed by atoms with Crippen molar-refractivity contribution in [3.63, 3.8) is 0 Å². The maximum atomic E-state index is 12.0. The number of Topliss-reactive ketones (excluding diaryl/α,β-unsaturated/α-hetero) is 1. The van der Waals surface area contributed by atoms with Crippen molar-refractivity contribution >= 4 is 5.78 Å². The number of nitrogens with one attached hydrogen (secondary N) is 1. The normalized spacial score (nSPS) is 36.4. The first-order chi connectivity index (χ1) is 10.3. The quantitative estimate of drug-likeness (QED) is 0.846. The molecule has 0 radical (unpaired) electrons. The predicted octanol–water partition coefficient (Wildman–Crippen LogP) is 3.57. The second-order valence-electron chi connectivity index (χ2n) is 7.50. The minimum absolute atomic E-state index is 0. The van der Waals surface area contributed by atoms with Crippen LogP contribution in [0, 0.1) is 17.8 Å². The molecule has 3 aliphatic rings. The van der Waals surface area contributed by atoms with E-state index in [9.17, 15) is 4.79 Å². The number of hydrogen-bond donors (Lipinski definition) is 1. The van der Waals surface area contributed by atoms with Gasteiger partial charge in [-0.05, 0) is 75.8 Å². The van der Waals surface area contributed by atoms with Crippen molar-refractivity contribution in [2.75, 3.05) is 19.7 Å². The third-order valence-corrected chi connectivity index (χ3v) is 5.89. The second kappa shape index (κ2) is 7.73. The van der Waals surface area contributed by atoms with E-state index in [1.807, 2.05) is 0 Å². The highest BCUT2D eigenvalue weighted by Crippen LogP contribution is 2.37. The molecule has 1 N–H and O–H groups in total. The van der Waals surface area contributed by atoms with Crippen LogP contribution in [0.25, 0.3) is 0 Å². The molecule has 3 fully saturated rings. The lowest BCUT2D eigenvalue weighted by atomic mass is 9.76. The van der Waals surface area contributed by atoms with E-state index in [1.54, 1.807) is 0 Å². The average Bonchev–Trinajstić information content (AvgIpc) is 2.59. The van der Waals surface area contributed by atoms with E-state index in [2.05, 4.69) is 5.32 Å². The molecule has 0 aromatic heterocycles. The van der Waals surface area contributed by atoms with Crippen molar-refractivity contribution in [3.05, 3.63) is 0 Å². The minimum atomic E-state index is 0. The Morgan fingerprint density at radius 2 is 1.86 bits per heavy atom. The van der Waals surface area contributed by atoms with Crippen molar-refractivity contribution in [1.29, 1.82) is 0 Å². The van der Waals surface area contributed by atoms with E-state index in [1.165, 1.54) is 64.5 Å². The summed E-state index contributed by atoms with van der Waals surface area (Å²) in [4.78, 5) is 12.0. The Bertz CT molecular complexity index is 344. The van der Waals surface area contributed by atoms with Gasteiger partial charge in [-0.25, -0.2) is 0 Å². The molecule has 3 atom stereocenters. The van der Waals surface area contributed by atoms with Crippen LogP contribution < -0.4 is 5.32 Å². The summed E-state index contributed by atoms with van der Waals surface area (Å²) in [5.74, 6) is 2.69. The van der Waals surface area contributed by atoms with Crippen molar-refractivity contribution in [3.8, 4) is 0 Å². The zero-order chi connectivity index (χ0) is 14.5. The first-order valence-electron chi connectivity index (χ1n) is 9.15. The van der Waals surface area contributed by atoms with Crippen LogP contribution in [0.5, 0.6) is 0 Å². The van der Waals surface area contributed by atoms with Crippen LogP contribution in [0.4, 0.5) is 0 Å². The molecule has 122 valence electrons. The SMILES string of the molecule is O=C1CCC(CC2CCNCC2)C[C@H]2CCCC[C@@H]2OC1.[HH]. The third kappa shape index (κ3) is 4.53. The first kappa shape index (κ1) is 15.5. The Hall–Kier alpha value is -0.410. The molecule has 2 saturated heterocycles. The van der Waals surface area contributed by atoms with E-state index in [0.717, 1.165) is 30.6 Å². The van der Waals surface area contributed by atoms with Crippen LogP contribution >= 0.6 is 0 Å². The van der Waals surface area contributed by atoms with E-state index in [0.29, 0.717) is 18.5 Å². The van der Waals surface area contributed by atoms with Gasteiger partial charge < -0.3 is 10.1 Å². The largest absolute Gasteiger partial charge is 0.370 e. The average molecular weight is 295 g/mol. The lowest BCUT2D eigenvalue weighted by molar-refractivity contribution is -0.127. The lowest BCUT2D eigenvalue weighted by Crippen LogP contribution is -2.31. The maximum Gasteiger partial charge on any atom is 0.158 e. The molecular weight excluding hydrogens is 262 g/mol. The fourth-order valence-electron chi connectivity index (χ4n) is 4.65. The van der Waals surface area contributed by atoms with Gasteiger partial charge in [0.1, 0.15) is 6.61 Å². The fraction of sp³-hybridized carbons (Fsp3) is 0.944. The van der Waals surface area contributed by atoms with E-state index in [4.69, 9.17) is 4.74 Å². The monoisotopic (exact) mass is 295 g/mol. The molecule has 2 aliphatic heterocycles. The molecule has 1 saturated carbocycles. The number of carbonyl (C=O) groups is 1. The molecule has 3 heteroatoms. The van der Waals surface area contributed by atoms with Gasteiger partial charge in [-0.15, -0.1) is 0 Å². The van der Waals surface area contributed by atoms with Gasteiger partial charge in [0.25, 0.3) is 0 Å². The van der Waals surface area contributed by atoms with E-state index in [-0.39, 0.29) is 1.43 Å². The maximum absolute atomic E-state index is 12.0. The number of carbonyl (C=O) groups excluding carboxylic acids is 1. The zero-order valence-electron chi connectivity index (χ0n) is 13.3. The molecule has 21 heavy (non-hydrogen) atoms. The smallest absolute Gasteiger partial charge is 0.158 e. The van der Waals surface area contributed by atoms with Crippen molar-refractivity contribution < 1.29 is 11.0 Å². The number of ketones is 1. The molecule has 1 aliphatic carbocycles. The van der Waals surface area contributed by atoms with Crippen LogP contribution in [0.2, 0.25) is 0 Å². The van der Waals surface area contributed by atoms with Gasteiger partial charge in [-0.2, -0.15) is 0 Å². The van der Waals surface area contributed by atoms with Crippen LogP contribution in [0.1, 0.15) is 65.6 Å². The summed E-state index contributed by atoms with van der Waals surface area (Å²) in [5.41, 5.74) is 0. The van der Waals surface area contributed by atoms with Crippen LogP contribution in [0.15, 0.2) is 0 Å². The Kier molecular flexibility index (Phi) is 5.70. The van der Waals surface area contributed by atoms with Gasteiger partial charge in [-0.3, -0.25) is 4.79 Å². The highest BCUT2D eigenvalue weighted by molar-refractivity contribution is 5.79. The van der Waals surface area contributed by atoms with Gasteiger partial charge in [0.15, 0.2) is 5.78 Å². The summed E-state index contributed by atoms with van der Waals surface area (Å²) in [6, 6.07) is 0. The summed E-state index contributed by atoms with van der Waals surface area (Å²) in [6.45, 7) is 2.75. The molecular formula is C18H33NO2. The second-order valence-corrected chi connectivity index (χ2v) is 7.50. The number of fused-ring (bicyclic) bond motifs is 1. The number of piperidine rings is 1. The molecule has 0 aromatic rings. The third-order valence-electron chi connectivity index (χ3n) is 5.89. The van der Waals surface area contributed by atoms with Crippen LogP contribution in [-0.4, -0.2) is 31.6 Å². The molecule has 3 nitrogen and oxygen atoms in total. The summed E-state index contributed by atoms with van der Waals surface area (Å²) in [6.07, 6.45) is 12.7. The highest BCUT2D eigenvalue weighted by Gasteiger charge is 2.31. The predicted molar refractivity (Wildman–Crippen MR) is 86.4 cm³/mol.